The highest BCUT2D eigenvalue weighted by atomic mass is 32.1. The van der Waals surface area contributed by atoms with Crippen LogP contribution >= 0.6 is 11.3 Å². The van der Waals surface area contributed by atoms with Crippen molar-refractivity contribution in [2.24, 2.45) is 0 Å². The van der Waals surface area contributed by atoms with Gasteiger partial charge in [0.25, 0.3) is 5.91 Å². The number of benzene rings is 2. The summed E-state index contributed by atoms with van der Waals surface area (Å²) < 4.78 is 28.7. The van der Waals surface area contributed by atoms with Crippen molar-refractivity contribution in [3.63, 3.8) is 0 Å². The number of likely N-dealkylation sites (N-methyl/N-ethyl adjacent to an activating group) is 1. The average Bonchev–Trinajstić information content (AvgIpc) is 3.15. The first kappa shape index (κ1) is 19.8. The molecule has 0 bridgehead atoms. The van der Waals surface area contributed by atoms with Crippen molar-refractivity contribution in [1.82, 2.24) is 10.2 Å². The molecule has 0 aliphatic carbocycles. The summed E-state index contributed by atoms with van der Waals surface area (Å²) in [6.07, 6.45) is 0. The van der Waals surface area contributed by atoms with Crippen LogP contribution in [0, 0.1) is 11.6 Å². The minimum atomic E-state index is -0.386. The molecule has 3 aromatic rings. The third-order valence-electron chi connectivity index (χ3n) is 5.38. The smallest absolute Gasteiger partial charge is 0.261 e. The second kappa shape index (κ2) is 8.08. The second-order valence-corrected chi connectivity index (χ2v) is 8.53. The van der Waals surface area contributed by atoms with Gasteiger partial charge in [0.15, 0.2) is 0 Å². The number of hydrogen-bond acceptors (Lipinski definition) is 4. The van der Waals surface area contributed by atoms with Crippen LogP contribution in [0.2, 0.25) is 0 Å². The monoisotopic (exact) mass is 415 g/mol. The van der Waals surface area contributed by atoms with E-state index in [-0.39, 0.29) is 23.6 Å². The first-order chi connectivity index (χ1) is 13.9. The van der Waals surface area contributed by atoms with Crippen LogP contribution < -0.4 is 10.2 Å². The first-order valence-corrected chi connectivity index (χ1v) is 10.5. The minimum absolute atomic E-state index is 0.285. The molecule has 29 heavy (non-hydrogen) atoms. The van der Waals surface area contributed by atoms with Crippen LogP contribution in [0.3, 0.4) is 0 Å². The van der Waals surface area contributed by atoms with Crippen molar-refractivity contribution in [2.45, 2.75) is 13.0 Å². The summed E-state index contributed by atoms with van der Waals surface area (Å²) in [5.41, 5.74) is 1.69. The first-order valence-electron chi connectivity index (χ1n) is 9.64. The fraction of sp³-hybridized carbons (Fsp3) is 0.318. The number of nitrogens with zero attached hydrogens (tertiary/aromatic N) is 2. The van der Waals surface area contributed by atoms with E-state index in [9.17, 15) is 13.6 Å². The normalized spacial score (nSPS) is 16.2. The molecule has 1 unspecified atom stereocenters. The van der Waals surface area contributed by atoms with Crippen LogP contribution in [0.4, 0.5) is 14.5 Å². The van der Waals surface area contributed by atoms with Crippen molar-refractivity contribution >= 4 is 33.0 Å². The van der Waals surface area contributed by atoms with Crippen LogP contribution in [0.1, 0.15) is 28.2 Å². The molecule has 2 aromatic carbocycles. The maximum Gasteiger partial charge on any atom is 0.261 e. The summed E-state index contributed by atoms with van der Waals surface area (Å²) in [5, 5.41) is 3.40. The number of nitrogens with one attached hydrogen (secondary N) is 1. The van der Waals surface area contributed by atoms with E-state index in [1.165, 1.54) is 29.5 Å². The van der Waals surface area contributed by atoms with Crippen molar-refractivity contribution in [3.8, 4) is 0 Å². The minimum Gasteiger partial charge on any atom is -0.369 e. The number of amides is 1. The summed E-state index contributed by atoms with van der Waals surface area (Å²) in [6, 6.07) is 10.7. The Morgan fingerprint density at radius 1 is 1.10 bits per heavy atom. The maximum absolute atomic E-state index is 14.0. The largest absolute Gasteiger partial charge is 0.369 e. The number of hydrogen-bond donors (Lipinski definition) is 1. The van der Waals surface area contributed by atoms with Gasteiger partial charge in [-0.3, -0.25) is 4.79 Å². The highest BCUT2D eigenvalue weighted by Crippen LogP contribution is 2.30. The molecule has 1 atom stereocenters. The van der Waals surface area contributed by atoms with Crippen LogP contribution in [0.25, 0.3) is 10.1 Å². The van der Waals surface area contributed by atoms with Gasteiger partial charge in [0.05, 0.1) is 10.9 Å². The Balaban J connectivity index is 1.57. The van der Waals surface area contributed by atoms with Gasteiger partial charge in [0.1, 0.15) is 11.6 Å². The highest BCUT2D eigenvalue weighted by molar-refractivity contribution is 7.20. The highest BCUT2D eigenvalue weighted by Gasteiger charge is 2.22. The van der Waals surface area contributed by atoms with Crippen LogP contribution in [-0.4, -0.2) is 44.0 Å². The van der Waals surface area contributed by atoms with Gasteiger partial charge < -0.3 is 15.1 Å². The van der Waals surface area contributed by atoms with Crippen molar-refractivity contribution in [3.05, 3.63) is 64.5 Å². The summed E-state index contributed by atoms with van der Waals surface area (Å²) >= 11 is 1.25. The lowest BCUT2D eigenvalue weighted by Crippen LogP contribution is -2.45. The molecule has 4 rings (SSSR count). The zero-order valence-electron chi connectivity index (χ0n) is 16.4. The zero-order chi connectivity index (χ0) is 20.5. The quantitative estimate of drug-likeness (QED) is 0.685. The summed E-state index contributed by atoms with van der Waals surface area (Å²) in [7, 11) is 2.08. The SMILES string of the molecule is CC(NC(=O)c1cc2c(F)cccc2s1)c1cc(F)ccc1N1CCN(C)CC1. The Hall–Kier alpha value is -2.51. The summed E-state index contributed by atoms with van der Waals surface area (Å²) in [6.45, 7) is 5.42. The summed E-state index contributed by atoms with van der Waals surface area (Å²) in [4.78, 5) is 17.7. The summed E-state index contributed by atoms with van der Waals surface area (Å²) in [5.74, 6) is -0.956. The molecule has 0 radical (unpaired) electrons. The fourth-order valence-electron chi connectivity index (χ4n) is 3.69. The molecule has 2 heterocycles. The third kappa shape index (κ3) is 4.11. The number of fused-ring (bicyclic) bond motifs is 1. The maximum atomic E-state index is 14.0. The van der Waals surface area contributed by atoms with Gasteiger partial charge in [0.2, 0.25) is 0 Å². The molecule has 4 nitrogen and oxygen atoms in total. The van der Waals surface area contributed by atoms with Gasteiger partial charge >= 0.3 is 0 Å². The fourth-order valence-corrected chi connectivity index (χ4v) is 4.67. The van der Waals surface area contributed by atoms with E-state index in [2.05, 4.69) is 22.2 Å². The number of rotatable bonds is 4. The zero-order valence-corrected chi connectivity index (χ0v) is 17.2. The molecule has 1 aliphatic heterocycles. The number of piperazine rings is 1. The van der Waals surface area contributed by atoms with E-state index in [1.54, 1.807) is 24.3 Å². The number of anilines is 1. The molecule has 152 valence electrons. The second-order valence-electron chi connectivity index (χ2n) is 7.45. The predicted molar refractivity (Wildman–Crippen MR) is 114 cm³/mol. The lowest BCUT2D eigenvalue weighted by molar-refractivity contribution is 0.0944. The predicted octanol–water partition coefficient (Wildman–Crippen LogP) is 4.42. The molecule has 1 aromatic heterocycles. The van der Waals surface area contributed by atoms with Gasteiger partial charge in [-0.2, -0.15) is 0 Å². The molecular formula is C22H23F2N3OS. The van der Waals surface area contributed by atoms with Gasteiger partial charge in [-0.25, -0.2) is 8.78 Å². The lowest BCUT2D eigenvalue weighted by Gasteiger charge is -2.36. The van der Waals surface area contributed by atoms with E-state index in [4.69, 9.17) is 0 Å². The Kier molecular flexibility index (Phi) is 5.52. The van der Waals surface area contributed by atoms with E-state index < -0.39 is 0 Å². The molecule has 1 N–H and O–H groups in total. The van der Waals surface area contributed by atoms with Crippen LogP contribution in [-0.2, 0) is 0 Å². The molecule has 0 spiro atoms. The van der Waals surface area contributed by atoms with E-state index in [1.807, 2.05) is 6.92 Å². The number of carbonyl (C=O) groups excluding carboxylic acids is 1. The van der Waals surface area contributed by atoms with E-state index >= 15 is 0 Å². The molecule has 0 saturated carbocycles. The molecule has 1 fully saturated rings. The molecule has 7 heteroatoms. The van der Waals surface area contributed by atoms with Crippen molar-refractivity contribution < 1.29 is 13.6 Å². The molecule has 1 amide bonds. The number of halogens is 2. The van der Waals surface area contributed by atoms with Gasteiger partial charge in [-0.05, 0) is 50.4 Å². The van der Waals surface area contributed by atoms with Gasteiger partial charge in [-0.15, -0.1) is 11.3 Å². The lowest BCUT2D eigenvalue weighted by atomic mass is 10.0. The standard InChI is InChI=1S/C22H23F2N3OS/c1-14(25-22(28)21-13-17-18(24)4-3-5-20(17)29-21)16-12-15(23)6-7-19(16)27-10-8-26(2)9-11-27/h3-7,12-14H,8-11H2,1-2H3,(H,25,28). The molecular weight excluding hydrogens is 392 g/mol. The van der Waals surface area contributed by atoms with Gasteiger partial charge in [0, 0.05) is 47.5 Å². The Bertz CT molecular complexity index is 1040. The third-order valence-corrected chi connectivity index (χ3v) is 6.48. The van der Waals surface area contributed by atoms with Crippen molar-refractivity contribution in [1.29, 1.82) is 0 Å². The Morgan fingerprint density at radius 2 is 1.86 bits per heavy atom. The Labute approximate surface area is 172 Å². The number of thiophene rings is 1. The number of carbonyl (C=O) groups is 1. The average molecular weight is 416 g/mol. The molecule has 1 aliphatic rings. The Morgan fingerprint density at radius 3 is 2.59 bits per heavy atom. The van der Waals surface area contributed by atoms with Gasteiger partial charge in [-0.1, -0.05) is 6.07 Å². The molecule has 1 saturated heterocycles. The van der Waals surface area contributed by atoms with Crippen LogP contribution in [0.5, 0.6) is 0 Å². The van der Waals surface area contributed by atoms with Crippen molar-refractivity contribution in [2.75, 3.05) is 38.1 Å². The van der Waals surface area contributed by atoms with E-state index in [0.717, 1.165) is 42.1 Å². The van der Waals surface area contributed by atoms with Crippen LogP contribution in [0.15, 0.2) is 42.5 Å². The van der Waals surface area contributed by atoms with E-state index in [0.29, 0.717) is 10.3 Å². The topological polar surface area (TPSA) is 35.6 Å².